The van der Waals surface area contributed by atoms with E-state index >= 15 is 0 Å². The van der Waals surface area contributed by atoms with Crippen LogP contribution in [0.25, 0.3) is 0 Å². The van der Waals surface area contributed by atoms with Crippen molar-refractivity contribution in [2.75, 3.05) is 33.0 Å². The van der Waals surface area contributed by atoms with Gasteiger partial charge in [-0.3, -0.25) is 0 Å². The third-order valence-corrected chi connectivity index (χ3v) is 6.87. The van der Waals surface area contributed by atoms with E-state index in [0.29, 0.717) is 25.9 Å². The molecule has 2 rings (SSSR count). The van der Waals surface area contributed by atoms with Gasteiger partial charge in [0.25, 0.3) is 0 Å². The van der Waals surface area contributed by atoms with Gasteiger partial charge < -0.3 is 14.7 Å². The highest BCUT2D eigenvalue weighted by atomic mass is 32.2. The van der Waals surface area contributed by atoms with E-state index in [1.165, 1.54) is 30.2 Å². The number of methoxy groups -OCH3 is 1. The Morgan fingerprint density at radius 2 is 1.88 bits per heavy atom. The van der Waals surface area contributed by atoms with Gasteiger partial charge in [-0.05, 0) is 30.9 Å². The van der Waals surface area contributed by atoms with Crippen molar-refractivity contribution in [1.82, 2.24) is 9.62 Å². The van der Waals surface area contributed by atoms with Crippen LogP contribution in [0.1, 0.15) is 12.8 Å². The first kappa shape index (κ1) is 20.5. The maximum absolute atomic E-state index is 12.5. The number of likely N-dealkylation sites (tertiary alicyclic amines) is 1. The van der Waals surface area contributed by atoms with E-state index in [9.17, 15) is 21.6 Å². The molecule has 0 bridgehead atoms. The molecule has 9 nitrogen and oxygen atoms in total. The number of carboxylic acid groups (broad SMARTS) is 1. The molecule has 1 aliphatic rings. The number of amides is 1. The Balaban J connectivity index is 2.10. The second kappa shape index (κ2) is 7.80. The van der Waals surface area contributed by atoms with Crippen LogP contribution >= 0.6 is 0 Å². The van der Waals surface area contributed by atoms with Crippen molar-refractivity contribution in [2.45, 2.75) is 22.6 Å². The van der Waals surface area contributed by atoms with Gasteiger partial charge >= 0.3 is 6.09 Å². The number of hydrogen-bond donors (Lipinski definition) is 2. The van der Waals surface area contributed by atoms with E-state index < -0.39 is 26.0 Å². The summed E-state index contributed by atoms with van der Waals surface area (Å²) in [6, 6.07) is 3.59. The van der Waals surface area contributed by atoms with Crippen LogP contribution in [-0.4, -0.2) is 65.9 Å². The molecule has 0 atom stereocenters. The lowest BCUT2D eigenvalue weighted by Crippen LogP contribution is -2.40. The largest absolute Gasteiger partial charge is 0.495 e. The maximum atomic E-state index is 12.5. The summed E-state index contributed by atoms with van der Waals surface area (Å²) in [5.41, 5.74) is 0. The fourth-order valence-electron chi connectivity index (χ4n) is 2.73. The second-order valence-electron chi connectivity index (χ2n) is 6.15. The van der Waals surface area contributed by atoms with Crippen LogP contribution in [0.4, 0.5) is 4.79 Å². The first-order chi connectivity index (χ1) is 12.0. The summed E-state index contributed by atoms with van der Waals surface area (Å²) in [5.74, 6) is -0.0252. The molecule has 0 radical (unpaired) electrons. The van der Waals surface area contributed by atoms with E-state index in [2.05, 4.69) is 4.72 Å². The molecule has 0 aliphatic carbocycles. The first-order valence-electron chi connectivity index (χ1n) is 7.90. The zero-order chi connectivity index (χ0) is 19.5. The zero-order valence-electron chi connectivity index (χ0n) is 14.5. The van der Waals surface area contributed by atoms with Crippen LogP contribution in [-0.2, 0) is 19.9 Å². The van der Waals surface area contributed by atoms with E-state index in [0.717, 1.165) is 6.26 Å². The smallest absolute Gasteiger partial charge is 0.407 e. The van der Waals surface area contributed by atoms with E-state index in [1.54, 1.807) is 0 Å². The first-order valence-corrected chi connectivity index (χ1v) is 11.3. The fraction of sp³-hybridized carbons (Fsp3) is 0.533. The standard InChI is InChI=1S/C15H22N2O7S2/c1-24-13-9-12(25(2,20)21)3-4-14(13)26(22,23)16-10-11-5-7-17(8-6-11)15(18)19/h3-4,9,11,16H,5-8,10H2,1-2H3,(H,18,19). The van der Waals surface area contributed by atoms with Crippen molar-refractivity contribution in [3.8, 4) is 5.75 Å². The van der Waals surface area contributed by atoms with Gasteiger partial charge in [0, 0.05) is 32.0 Å². The molecule has 1 fully saturated rings. The molecule has 11 heteroatoms. The molecule has 2 N–H and O–H groups in total. The molecule has 1 amide bonds. The average molecular weight is 406 g/mol. The molecule has 1 heterocycles. The van der Waals surface area contributed by atoms with Crippen molar-refractivity contribution in [1.29, 1.82) is 0 Å². The van der Waals surface area contributed by atoms with Crippen LogP contribution in [0.15, 0.2) is 28.0 Å². The Kier molecular flexibility index (Phi) is 6.14. The molecule has 0 aromatic heterocycles. The molecule has 1 aliphatic heterocycles. The maximum Gasteiger partial charge on any atom is 0.407 e. The summed E-state index contributed by atoms with van der Waals surface area (Å²) in [4.78, 5) is 12.0. The molecule has 0 spiro atoms. The molecule has 1 aromatic rings. The number of hydrogen-bond acceptors (Lipinski definition) is 6. The van der Waals surface area contributed by atoms with Gasteiger partial charge in [0.2, 0.25) is 10.0 Å². The number of ether oxygens (including phenoxy) is 1. The lowest BCUT2D eigenvalue weighted by Gasteiger charge is -2.30. The number of benzene rings is 1. The summed E-state index contributed by atoms with van der Waals surface area (Å²) < 4.78 is 55.8. The van der Waals surface area contributed by atoms with Gasteiger partial charge in [0.05, 0.1) is 12.0 Å². The van der Waals surface area contributed by atoms with Crippen molar-refractivity contribution in [3.05, 3.63) is 18.2 Å². The van der Waals surface area contributed by atoms with Gasteiger partial charge in [-0.25, -0.2) is 26.4 Å². The SMILES string of the molecule is COc1cc(S(C)(=O)=O)ccc1S(=O)(=O)NCC1CCN(C(=O)O)CC1. The van der Waals surface area contributed by atoms with Crippen LogP contribution < -0.4 is 9.46 Å². The summed E-state index contributed by atoms with van der Waals surface area (Å²) in [6.45, 7) is 0.912. The molecule has 26 heavy (non-hydrogen) atoms. The Morgan fingerprint density at radius 3 is 2.38 bits per heavy atom. The number of sulfonamides is 1. The molecule has 0 unspecified atom stereocenters. The molecule has 146 valence electrons. The third kappa shape index (κ3) is 4.86. The zero-order valence-corrected chi connectivity index (χ0v) is 16.1. The minimum atomic E-state index is -3.89. The Morgan fingerprint density at radius 1 is 1.27 bits per heavy atom. The number of nitrogens with one attached hydrogen (secondary N) is 1. The Bertz CT molecular complexity index is 873. The predicted octanol–water partition coefficient (Wildman–Crippen LogP) is 0.767. The van der Waals surface area contributed by atoms with Gasteiger partial charge in [0.15, 0.2) is 9.84 Å². The lowest BCUT2D eigenvalue weighted by atomic mass is 9.97. The fourth-order valence-corrected chi connectivity index (χ4v) is 4.64. The molecular weight excluding hydrogens is 384 g/mol. The summed E-state index contributed by atoms with van der Waals surface area (Å²) in [5, 5.41) is 8.93. The quantitative estimate of drug-likeness (QED) is 0.713. The number of rotatable bonds is 6. The monoisotopic (exact) mass is 406 g/mol. The molecular formula is C15H22N2O7S2. The van der Waals surface area contributed by atoms with E-state index in [4.69, 9.17) is 9.84 Å². The van der Waals surface area contributed by atoms with E-state index in [1.807, 2.05) is 0 Å². The summed E-state index contributed by atoms with van der Waals surface area (Å²) >= 11 is 0. The third-order valence-electron chi connectivity index (χ3n) is 4.30. The molecule has 1 aromatic carbocycles. The Hall–Kier alpha value is -1.85. The van der Waals surface area contributed by atoms with Crippen LogP contribution in [0, 0.1) is 5.92 Å². The topological polar surface area (TPSA) is 130 Å². The lowest BCUT2D eigenvalue weighted by molar-refractivity contribution is 0.125. The second-order valence-corrected chi connectivity index (χ2v) is 9.90. The number of piperidine rings is 1. The van der Waals surface area contributed by atoms with Crippen LogP contribution in [0.3, 0.4) is 0 Å². The highest BCUT2D eigenvalue weighted by molar-refractivity contribution is 7.90. The average Bonchev–Trinajstić information content (AvgIpc) is 2.59. The van der Waals surface area contributed by atoms with Gasteiger partial charge in [0.1, 0.15) is 10.6 Å². The minimum Gasteiger partial charge on any atom is -0.495 e. The highest BCUT2D eigenvalue weighted by Gasteiger charge is 2.26. The number of nitrogens with zero attached hydrogens (tertiary/aromatic N) is 1. The molecule has 1 saturated heterocycles. The normalized spacial score (nSPS) is 16.5. The number of carbonyl (C=O) groups is 1. The minimum absolute atomic E-state index is 0.0293. The summed E-state index contributed by atoms with van der Waals surface area (Å²) in [6.07, 6.45) is 1.19. The molecule has 0 saturated carbocycles. The summed E-state index contributed by atoms with van der Waals surface area (Å²) in [7, 11) is -6.12. The Labute approximate surface area is 152 Å². The van der Waals surface area contributed by atoms with Crippen LogP contribution in [0.5, 0.6) is 5.75 Å². The van der Waals surface area contributed by atoms with Gasteiger partial charge in [-0.2, -0.15) is 0 Å². The van der Waals surface area contributed by atoms with Gasteiger partial charge in [-0.15, -0.1) is 0 Å². The van der Waals surface area contributed by atoms with Crippen LogP contribution in [0.2, 0.25) is 0 Å². The van der Waals surface area contributed by atoms with Crippen molar-refractivity contribution in [3.63, 3.8) is 0 Å². The highest BCUT2D eigenvalue weighted by Crippen LogP contribution is 2.27. The predicted molar refractivity (Wildman–Crippen MR) is 93.6 cm³/mol. The van der Waals surface area contributed by atoms with Gasteiger partial charge in [-0.1, -0.05) is 0 Å². The van der Waals surface area contributed by atoms with E-state index in [-0.39, 0.29) is 28.0 Å². The van der Waals surface area contributed by atoms with Crippen molar-refractivity contribution < 1.29 is 31.5 Å². The van der Waals surface area contributed by atoms with Crippen molar-refractivity contribution in [2.24, 2.45) is 5.92 Å². The van der Waals surface area contributed by atoms with Crippen molar-refractivity contribution >= 4 is 26.0 Å². The number of sulfone groups is 1.